The van der Waals surface area contributed by atoms with Crippen LogP contribution in [-0.2, 0) is 13.0 Å². The van der Waals surface area contributed by atoms with E-state index in [0.29, 0.717) is 5.89 Å². The lowest BCUT2D eigenvalue weighted by molar-refractivity contribution is 0.386. The lowest BCUT2D eigenvalue weighted by Gasteiger charge is -2.14. The molecule has 0 aliphatic carbocycles. The molecule has 2 heterocycles. The predicted molar refractivity (Wildman–Crippen MR) is 76.5 cm³/mol. The summed E-state index contributed by atoms with van der Waals surface area (Å²) in [6, 6.07) is 0.267. The first kappa shape index (κ1) is 14.7. The Balaban J connectivity index is 1.95. The number of rotatable bonds is 6. The van der Waals surface area contributed by atoms with Crippen molar-refractivity contribution in [3.8, 4) is 0 Å². The number of aryl methyl sites for hydroxylation is 3. The minimum Gasteiger partial charge on any atom is -0.340 e. The predicted octanol–water partition coefficient (Wildman–Crippen LogP) is 2.10. The van der Waals surface area contributed by atoms with Crippen LogP contribution in [0.2, 0.25) is 0 Å². The van der Waals surface area contributed by atoms with Crippen LogP contribution in [0.25, 0.3) is 0 Å². The zero-order chi connectivity index (χ0) is 14.7. The first-order valence-corrected chi connectivity index (χ1v) is 7.09. The Bertz CT molecular complexity index is 572. The molecule has 1 N–H and O–H groups in total. The molecule has 110 valence electrons. The van der Waals surface area contributed by atoms with Crippen LogP contribution in [-0.4, -0.2) is 26.5 Å². The number of hydrogen-bond donors (Lipinski definition) is 1. The van der Waals surface area contributed by atoms with Gasteiger partial charge in [-0.3, -0.25) is 4.68 Å². The molecule has 0 aromatic carbocycles. The Kier molecular flexibility index (Phi) is 4.54. The van der Waals surface area contributed by atoms with E-state index in [1.165, 1.54) is 11.3 Å². The SMILES string of the molecule is CCn1nc(C)c(C(C)NCCc2noc(C)n2)c1C. The summed E-state index contributed by atoms with van der Waals surface area (Å²) < 4.78 is 7.01. The van der Waals surface area contributed by atoms with Crippen molar-refractivity contribution in [1.82, 2.24) is 25.2 Å². The summed E-state index contributed by atoms with van der Waals surface area (Å²) in [5.74, 6) is 1.36. The maximum absolute atomic E-state index is 4.96. The number of hydrogen-bond acceptors (Lipinski definition) is 5. The van der Waals surface area contributed by atoms with Crippen LogP contribution >= 0.6 is 0 Å². The summed E-state index contributed by atoms with van der Waals surface area (Å²) >= 11 is 0. The topological polar surface area (TPSA) is 68.8 Å². The molecule has 1 atom stereocenters. The molecule has 0 amide bonds. The molecule has 1 unspecified atom stereocenters. The van der Waals surface area contributed by atoms with Gasteiger partial charge in [0.15, 0.2) is 5.82 Å². The molecule has 0 spiro atoms. The molecule has 0 radical (unpaired) electrons. The molecule has 0 saturated heterocycles. The van der Waals surface area contributed by atoms with E-state index < -0.39 is 0 Å². The second-order valence-electron chi connectivity index (χ2n) is 5.06. The maximum Gasteiger partial charge on any atom is 0.223 e. The van der Waals surface area contributed by atoms with Crippen LogP contribution < -0.4 is 5.32 Å². The van der Waals surface area contributed by atoms with Gasteiger partial charge in [-0.15, -0.1) is 0 Å². The zero-order valence-corrected chi connectivity index (χ0v) is 12.9. The van der Waals surface area contributed by atoms with Gasteiger partial charge in [0.25, 0.3) is 0 Å². The minimum atomic E-state index is 0.267. The molecule has 6 heteroatoms. The molecule has 2 aromatic heterocycles. The molecule has 6 nitrogen and oxygen atoms in total. The third-order valence-corrected chi connectivity index (χ3v) is 3.54. The van der Waals surface area contributed by atoms with Gasteiger partial charge in [0.2, 0.25) is 5.89 Å². The van der Waals surface area contributed by atoms with E-state index in [1.54, 1.807) is 6.92 Å². The molecule has 0 fully saturated rings. The Labute approximate surface area is 119 Å². The van der Waals surface area contributed by atoms with E-state index >= 15 is 0 Å². The fourth-order valence-corrected chi connectivity index (χ4v) is 2.59. The van der Waals surface area contributed by atoms with Crippen molar-refractivity contribution >= 4 is 0 Å². The van der Waals surface area contributed by atoms with Gasteiger partial charge in [-0.25, -0.2) is 0 Å². The van der Waals surface area contributed by atoms with E-state index in [2.05, 4.69) is 48.3 Å². The van der Waals surface area contributed by atoms with E-state index in [1.807, 2.05) is 4.68 Å². The van der Waals surface area contributed by atoms with Crippen LogP contribution in [0.1, 0.15) is 48.6 Å². The summed E-state index contributed by atoms with van der Waals surface area (Å²) in [7, 11) is 0. The van der Waals surface area contributed by atoms with E-state index in [9.17, 15) is 0 Å². The van der Waals surface area contributed by atoms with Crippen molar-refractivity contribution in [2.24, 2.45) is 0 Å². The molecule has 2 aromatic rings. The van der Waals surface area contributed by atoms with Gasteiger partial charge < -0.3 is 9.84 Å². The number of nitrogens with zero attached hydrogens (tertiary/aromatic N) is 4. The average molecular weight is 277 g/mol. The monoisotopic (exact) mass is 277 g/mol. The van der Waals surface area contributed by atoms with E-state index in [0.717, 1.165) is 31.0 Å². The summed E-state index contributed by atoms with van der Waals surface area (Å²) in [6.45, 7) is 12.0. The van der Waals surface area contributed by atoms with Crippen molar-refractivity contribution in [3.63, 3.8) is 0 Å². The second-order valence-corrected chi connectivity index (χ2v) is 5.06. The second kappa shape index (κ2) is 6.17. The first-order valence-electron chi connectivity index (χ1n) is 7.09. The summed E-state index contributed by atoms with van der Waals surface area (Å²) in [6.07, 6.45) is 0.766. The quantitative estimate of drug-likeness (QED) is 0.875. The normalized spacial score (nSPS) is 12.8. The molecule has 0 aliphatic heterocycles. The lowest BCUT2D eigenvalue weighted by Crippen LogP contribution is -2.22. The maximum atomic E-state index is 4.96. The fraction of sp³-hybridized carbons (Fsp3) is 0.643. The molecular weight excluding hydrogens is 254 g/mol. The molecule has 0 bridgehead atoms. The zero-order valence-electron chi connectivity index (χ0n) is 12.9. The van der Waals surface area contributed by atoms with Gasteiger partial charge in [0, 0.05) is 43.7 Å². The van der Waals surface area contributed by atoms with Crippen LogP contribution in [0.15, 0.2) is 4.52 Å². The van der Waals surface area contributed by atoms with Gasteiger partial charge in [-0.1, -0.05) is 5.16 Å². The van der Waals surface area contributed by atoms with E-state index in [-0.39, 0.29) is 6.04 Å². The largest absolute Gasteiger partial charge is 0.340 e. The lowest BCUT2D eigenvalue weighted by atomic mass is 10.1. The van der Waals surface area contributed by atoms with Gasteiger partial charge >= 0.3 is 0 Å². The number of nitrogens with one attached hydrogen (secondary N) is 1. The van der Waals surface area contributed by atoms with Crippen molar-refractivity contribution < 1.29 is 4.52 Å². The molecule has 2 rings (SSSR count). The Morgan fingerprint density at radius 3 is 2.60 bits per heavy atom. The summed E-state index contributed by atoms with van der Waals surface area (Å²) in [5, 5.41) is 12.0. The summed E-state index contributed by atoms with van der Waals surface area (Å²) in [5.41, 5.74) is 3.62. The van der Waals surface area contributed by atoms with Crippen LogP contribution in [0.4, 0.5) is 0 Å². The van der Waals surface area contributed by atoms with Crippen molar-refractivity contribution in [3.05, 3.63) is 28.7 Å². The van der Waals surface area contributed by atoms with E-state index in [4.69, 9.17) is 4.52 Å². The van der Waals surface area contributed by atoms with Crippen molar-refractivity contribution in [2.45, 2.75) is 53.6 Å². The smallest absolute Gasteiger partial charge is 0.223 e. The average Bonchev–Trinajstić information content (AvgIpc) is 2.93. The third kappa shape index (κ3) is 3.07. The standard InChI is InChI=1S/C14H23N5O/c1-6-19-11(4)14(10(3)17-19)9(2)15-8-7-13-16-12(5)20-18-13/h9,15H,6-8H2,1-5H3. The fourth-order valence-electron chi connectivity index (χ4n) is 2.59. The Hall–Kier alpha value is -1.69. The molecule has 20 heavy (non-hydrogen) atoms. The molecular formula is C14H23N5O. The third-order valence-electron chi connectivity index (χ3n) is 3.54. The van der Waals surface area contributed by atoms with Crippen LogP contribution in [0.5, 0.6) is 0 Å². The van der Waals surface area contributed by atoms with Crippen LogP contribution in [0, 0.1) is 20.8 Å². The van der Waals surface area contributed by atoms with Crippen molar-refractivity contribution in [2.75, 3.05) is 6.54 Å². The van der Waals surface area contributed by atoms with Gasteiger partial charge in [0.1, 0.15) is 0 Å². The molecule has 0 saturated carbocycles. The van der Waals surface area contributed by atoms with Gasteiger partial charge in [-0.2, -0.15) is 10.1 Å². The number of aromatic nitrogens is 4. The Morgan fingerprint density at radius 2 is 2.05 bits per heavy atom. The minimum absolute atomic E-state index is 0.267. The first-order chi connectivity index (χ1) is 9.52. The van der Waals surface area contributed by atoms with Crippen LogP contribution in [0.3, 0.4) is 0 Å². The highest BCUT2D eigenvalue weighted by Crippen LogP contribution is 2.21. The highest BCUT2D eigenvalue weighted by atomic mass is 16.5. The van der Waals surface area contributed by atoms with Crippen molar-refractivity contribution in [1.29, 1.82) is 0 Å². The van der Waals surface area contributed by atoms with Gasteiger partial charge in [-0.05, 0) is 27.7 Å². The van der Waals surface area contributed by atoms with Gasteiger partial charge in [0.05, 0.1) is 5.69 Å². The Morgan fingerprint density at radius 1 is 1.30 bits per heavy atom. The summed E-state index contributed by atoms with van der Waals surface area (Å²) in [4.78, 5) is 4.20. The highest BCUT2D eigenvalue weighted by molar-refractivity contribution is 5.27. The molecule has 0 aliphatic rings. The highest BCUT2D eigenvalue weighted by Gasteiger charge is 2.16.